The van der Waals surface area contributed by atoms with Crippen LogP contribution in [0.4, 0.5) is 5.82 Å². The average Bonchev–Trinajstić information content (AvgIpc) is 2.81. The number of benzene rings is 2. The molecular weight excluding hydrogens is 438 g/mol. The maximum atomic E-state index is 12.4. The summed E-state index contributed by atoms with van der Waals surface area (Å²) in [5.41, 5.74) is 5.65. The monoisotopic (exact) mass is 469 g/mol. The van der Waals surface area contributed by atoms with Gasteiger partial charge in [0.05, 0.1) is 11.1 Å². The predicted octanol–water partition coefficient (Wildman–Crippen LogP) is 6.47. The lowest BCUT2D eigenvalue weighted by molar-refractivity contribution is -0.160. The minimum atomic E-state index is -1.11. The topological polar surface area (TPSA) is 84.3 Å². The molecule has 35 heavy (non-hydrogen) atoms. The van der Waals surface area contributed by atoms with Gasteiger partial charge < -0.3 is 15.2 Å². The van der Waals surface area contributed by atoms with Gasteiger partial charge in [0.1, 0.15) is 5.82 Å². The molecule has 2 N–H and O–H groups in total. The normalized spacial score (nSPS) is 12.5. The number of rotatable bonds is 7. The van der Waals surface area contributed by atoms with Gasteiger partial charge in [-0.1, -0.05) is 29.8 Å². The van der Waals surface area contributed by atoms with Gasteiger partial charge in [0.25, 0.3) is 0 Å². The molecule has 0 spiro atoms. The van der Waals surface area contributed by atoms with E-state index in [0.29, 0.717) is 12.1 Å². The first-order valence-electron chi connectivity index (χ1n) is 11.7. The van der Waals surface area contributed by atoms with Crippen LogP contribution in [0.2, 0.25) is 0 Å². The Hall–Kier alpha value is -3.77. The van der Waals surface area contributed by atoms with Crippen molar-refractivity contribution in [3.63, 3.8) is 0 Å². The molecule has 0 amide bonds. The van der Waals surface area contributed by atoms with Crippen molar-refractivity contribution in [3.05, 3.63) is 89.2 Å². The molecule has 1 atom stereocenters. The number of anilines is 1. The molecule has 0 bridgehead atoms. The molecule has 0 radical (unpaired) electrons. The lowest BCUT2D eigenvalue weighted by atomic mass is 9.88. The van der Waals surface area contributed by atoms with Gasteiger partial charge in [0.15, 0.2) is 6.10 Å². The zero-order valence-electron chi connectivity index (χ0n) is 20.8. The summed E-state index contributed by atoms with van der Waals surface area (Å²) in [6.45, 7) is 10.2. The molecule has 0 aliphatic heterocycles. The van der Waals surface area contributed by atoms with Gasteiger partial charge in [-0.3, -0.25) is 4.98 Å². The van der Waals surface area contributed by atoms with Gasteiger partial charge in [0.2, 0.25) is 0 Å². The van der Waals surface area contributed by atoms with Crippen molar-refractivity contribution in [2.75, 3.05) is 5.32 Å². The van der Waals surface area contributed by atoms with Crippen LogP contribution in [0.5, 0.6) is 0 Å². The quantitative estimate of drug-likeness (QED) is 0.323. The summed E-state index contributed by atoms with van der Waals surface area (Å²) >= 11 is 0. The number of carboxylic acid groups (broad SMARTS) is 1. The summed E-state index contributed by atoms with van der Waals surface area (Å²) in [4.78, 5) is 21.3. The zero-order valence-corrected chi connectivity index (χ0v) is 20.8. The standard InChI is InChI=1S/C29H31N3O3/c1-18-6-8-21(9-7-18)26-22-10-11-24(31-17-20-12-14-30-15-13-20)32-23(22)16-19(2)25(26)27(28(33)34)35-29(3,4)5/h6-16,27H,17H2,1-5H3,(H,31,32)(H,33,34)/t27-/m0/s1. The van der Waals surface area contributed by atoms with Gasteiger partial charge in [-0.25, -0.2) is 9.78 Å². The Kier molecular flexibility index (Phi) is 6.85. The highest BCUT2D eigenvalue weighted by atomic mass is 16.5. The maximum absolute atomic E-state index is 12.4. The Morgan fingerprint density at radius 2 is 1.71 bits per heavy atom. The largest absolute Gasteiger partial charge is 0.479 e. The van der Waals surface area contributed by atoms with E-state index in [4.69, 9.17) is 9.72 Å². The maximum Gasteiger partial charge on any atom is 0.337 e. The smallest absolute Gasteiger partial charge is 0.337 e. The van der Waals surface area contributed by atoms with Crippen molar-refractivity contribution < 1.29 is 14.6 Å². The molecule has 0 fully saturated rings. The Bertz CT molecular complexity index is 1340. The molecule has 0 saturated heterocycles. The second-order valence-electron chi connectivity index (χ2n) is 9.77. The molecule has 2 heterocycles. The van der Waals surface area contributed by atoms with E-state index in [1.54, 1.807) is 12.4 Å². The predicted molar refractivity (Wildman–Crippen MR) is 139 cm³/mol. The summed E-state index contributed by atoms with van der Waals surface area (Å²) in [5, 5.41) is 14.4. The minimum absolute atomic E-state index is 0.628. The summed E-state index contributed by atoms with van der Waals surface area (Å²) in [6.07, 6.45) is 2.42. The summed E-state index contributed by atoms with van der Waals surface area (Å²) in [7, 11) is 0. The third-order valence-electron chi connectivity index (χ3n) is 5.76. The lowest BCUT2D eigenvalue weighted by Crippen LogP contribution is -2.28. The van der Waals surface area contributed by atoms with Crippen molar-refractivity contribution >= 4 is 22.7 Å². The van der Waals surface area contributed by atoms with Crippen molar-refractivity contribution in [3.8, 4) is 11.1 Å². The number of hydrogen-bond donors (Lipinski definition) is 2. The number of fused-ring (bicyclic) bond motifs is 1. The molecule has 180 valence electrons. The van der Waals surface area contributed by atoms with Crippen LogP contribution >= 0.6 is 0 Å². The Labute approximate surface area is 206 Å². The van der Waals surface area contributed by atoms with Gasteiger partial charge in [-0.2, -0.15) is 0 Å². The zero-order chi connectivity index (χ0) is 25.2. The molecule has 0 unspecified atom stereocenters. The van der Waals surface area contributed by atoms with Crippen molar-refractivity contribution in [1.82, 2.24) is 9.97 Å². The molecule has 6 heteroatoms. The van der Waals surface area contributed by atoms with Gasteiger partial charge >= 0.3 is 5.97 Å². The first-order valence-corrected chi connectivity index (χ1v) is 11.7. The van der Waals surface area contributed by atoms with Crippen molar-refractivity contribution in [2.24, 2.45) is 0 Å². The fraction of sp³-hybridized carbons (Fsp3) is 0.276. The fourth-order valence-corrected chi connectivity index (χ4v) is 4.17. The van der Waals surface area contributed by atoms with E-state index >= 15 is 0 Å². The highest BCUT2D eigenvalue weighted by molar-refractivity contribution is 5.99. The number of carbonyl (C=O) groups is 1. The van der Waals surface area contributed by atoms with E-state index in [1.165, 1.54) is 0 Å². The number of nitrogens with zero attached hydrogens (tertiary/aromatic N) is 2. The van der Waals surface area contributed by atoms with Crippen LogP contribution < -0.4 is 5.32 Å². The Morgan fingerprint density at radius 3 is 2.34 bits per heavy atom. The number of carboxylic acids is 1. The first-order chi connectivity index (χ1) is 16.6. The molecular formula is C29H31N3O3. The van der Waals surface area contributed by atoms with Crippen LogP contribution in [0.25, 0.3) is 22.0 Å². The lowest BCUT2D eigenvalue weighted by Gasteiger charge is -2.28. The molecule has 0 saturated carbocycles. The van der Waals surface area contributed by atoms with Crippen LogP contribution in [-0.4, -0.2) is 26.6 Å². The van der Waals surface area contributed by atoms with Crippen LogP contribution in [-0.2, 0) is 16.1 Å². The number of ether oxygens (including phenoxy) is 1. The minimum Gasteiger partial charge on any atom is -0.479 e. The second-order valence-corrected chi connectivity index (χ2v) is 9.77. The molecule has 0 aliphatic carbocycles. The summed E-state index contributed by atoms with van der Waals surface area (Å²) < 4.78 is 6.07. The van der Waals surface area contributed by atoms with Crippen LogP contribution in [0.3, 0.4) is 0 Å². The van der Waals surface area contributed by atoms with Crippen LogP contribution in [0.15, 0.2) is 67.0 Å². The molecule has 2 aromatic heterocycles. The fourth-order valence-electron chi connectivity index (χ4n) is 4.17. The van der Waals surface area contributed by atoms with Crippen molar-refractivity contribution in [2.45, 2.75) is 52.9 Å². The van der Waals surface area contributed by atoms with E-state index in [1.807, 2.05) is 89.2 Å². The average molecular weight is 470 g/mol. The van der Waals surface area contributed by atoms with Crippen LogP contribution in [0.1, 0.15) is 49.1 Å². The van der Waals surface area contributed by atoms with E-state index in [0.717, 1.165) is 44.5 Å². The van der Waals surface area contributed by atoms with E-state index in [-0.39, 0.29) is 0 Å². The third-order valence-corrected chi connectivity index (χ3v) is 5.76. The highest BCUT2D eigenvalue weighted by Crippen LogP contribution is 2.40. The molecule has 2 aromatic carbocycles. The molecule has 6 nitrogen and oxygen atoms in total. The third kappa shape index (κ3) is 5.66. The molecule has 4 aromatic rings. The number of hydrogen-bond acceptors (Lipinski definition) is 5. The van der Waals surface area contributed by atoms with E-state index in [2.05, 4.69) is 10.3 Å². The second kappa shape index (κ2) is 9.84. The first kappa shape index (κ1) is 24.4. The number of nitrogens with one attached hydrogen (secondary N) is 1. The number of aryl methyl sites for hydroxylation is 2. The number of pyridine rings is 2. The Morgan fingerprint density at radius 1 is 1.03 bits per heavy atom. The van der Waals surface area contributed by atoms with Gasteiger partial charge in [-0.05, 0) is 87.2 Å². The number of aromatic nitrogens is 2. The van der Waals surface area contributed by atoms with Crippen LogP contribution in [0, 0.1) is 13.8 Å². The van der Waals surface area contributed by atoms with E-state index in [9.17, 15) is 9.90 Å². The summed E-state index contributed by atoms with van der Waals surface area (Å²) in [5.74, 6) is -0.267. The van der Waals surface area contributed by atoms with Gasteiger partial charge in [0, 0.05) is 29.9 Å². The number of aliphatic carboxylic acids is 1. The molecule has 4 rings (SSSR count). The van der Waals surface area contributed by atoms with Gasteiger partial charge in [-0.15, -0.1) is 0 Å². The molecule has 0 aliphatic rings. The highest BCUT2D eigenvalue weighted by Gasteiger charge is 2.31. The SMILES string of the molecule is Cc1ccc(-c2c([C@H](OC(C)(C)C)C(=O)O)c(C)cc3nc(NCc4ccncc4)ccc23)cc1. The van der Waals surface area contributed by atoms with Crippen molar-refractivity contribution in [1.29, 1.82) is 0 Å². The van der Waals surface area contributed by atoms with E-state index < -0.39 is 17.7 Å². The Balaban J connectivity index is 1.87. The summed E-state index contributed by atoms with van der Waals surface area (Å²) in [6, 6.07) is 17.9.